The third kappa shape index (κ3) is 4.07. The second-order valence-electron chi connectivity index (χ2n) is 10.7. The van der Waals surface area contributed by atoms with E-state index in [1.165, 1.54) is 0 Å². The summed E-state index contributed by atoms with van der Waals surface area (Å²) in [6.07, 6.45) is 4.26. The van der Waals surface area contributed by atoms with Gasteiger partial charge in [-0.3, -0.25) is 14.4 Å². The fraction of sp³-hybridized carbons (Fsp3) is 0.880. The molecule has 3 aliphatic heterocycles. The van der Waals surface area contributed by atoms with Gasteiger partial charge in [-0.05, 0) is 38.0 Å². The van der Waals surface area contributed by atoms with Crippen molar-refractivity contribution in [2.45, 2.75) is 96.9 Å². The van der Waals surface area contributed by atoms with Crippen LogP contribution in [-0.2, 0) is 19.1 Å². The van der Waals surface area contributed by atoms with Gasteiger partial charge in [0.1, 0.15) is 11.6 Å². The number of unbranched alkanes of at least 4 members (excludes halogenated alkanes) is 2. The molecule has 3 fully saturated rings. The second-order valence-corrected chi connectivity index (χ2v) is 10.7. The minimum absolute atomic E-state index is 0.0147. The van der Waals surface area contributed by atoms with E-state index in [4.69, 9.17) is 4.74 Å². The van der Waals surface area contributed by atoms with Gasteiger partial charge < -0.3 is 25.4 Å². The molecular weight excluding hydrogens is 422 g/mol. The highest BCUT2D eigenvalue weighted by atomic mass is 16.5. The van der Waals surface area contributed by atoms with Gasteiger partial charge in [-0.2, -0.15) is 0 Å². The number of nitrogens with one attached hydrogen (secondary N) is 2. The van der Waals surface area contributed by atoms with Crippen LogP contribution in [0.2, 0.25) is 0 Å². The Kier molecular flexibility index (Phi) is 7.79. The number of hydrogen-bond acceptors (Lipinski definition) is 5. The Morgan fingerprint density at radius 2 is 1.82 bits per heavy atom. The van der Waals surface area contributed by atoms with Gasteiger partial charge in [0.25, 0.3) is 0 Å². The lowest BCUT2D eigenvalue weighted by molar-refractivity contribution is -0.152. The van der Waals surface area contributed by atoms with Crippen LogP contribution in [0.5, 0.6) is 0 Å². The van der Waals surface area contributed by atoms with Crippen LogP contribution in [0, 0.1) is 23.7 Å². The lowest BCUT2D eigenvalue weighted by Crippen LogP contribution is -2.59. The van der Waals surface area contributed by atoms with Gasteiger partial charge in [0.2, 0.25) is 17.7 Å². The maximum Gasteiger partial charge on any atom is 0.245 e. The van der Waals surface area contributed by atoms with Crippen LogP contribution in [0.4, 0.5) is 0 Å². The highest BCUT2D eigenvalue weighted by Gasteiger charge is 2.80. The Labute approximate surface area is 198 Å². The molecule has 33 heavy (non-hydrogen) atoms. The van der Waals surface area contributed by atoms with Gasteiger partial charge in [-0.25, -0.2) is 0 Å². The van der Waals surface area contributed by atoms with Gasteiger partial charge >= 0.3 is 0 Å². The van der Waals surface area contributed by atoms with Crippen LogP contribution in [0.3, 0.4) is 0 Å². The third-order valence-corrected chi connectivity index (χ3v) is 8.23. The maximum absolute atomic E-state index is 14.0. The SMILES string of the molecule is CCCCCNC(=O)C1N([C@@H](CO)C(C)C)C(=O)[C@@H]2[C@@H](C(=O)NCCC)[C@]3(C)OC12CC3C. The van der Waals surface area contributed by atoms with Crippen LogP contribution in [0.1, 0.15) is 73.6 Å². The number of nitrogens with zero attached hydrogens (tertiary/aromatic N) is 1. The van der Waals surface area contributed by atoms with E-state index in [1.54, 1.807) is 4.90 Å². The topological polar surface area (TPSA) is 108 Å². The summed E-state index contributed by atoms with van der Waals surface area (Å²) in [5.74, 6) is -2.10. The molecule has 3 amide bonds. The van der Waals surface area contributed by atoms with E-state index in [0.29, 0.717) is 19.5 Å². The van der Waals surface area contributed by atoms with E-state index < -0.39 is 35.1 Å². The fourth-order valence-corrected chi connectivity index (χ4v) is 6.40. The van der Waals surface area contributed by atoms with Crippen molar-refractivity contribution in [2.24, 2.45) is 23.7 Å². The molecule has 3 saturated heterocycles. The first-order chi connectivity index (χ1) is 15.6. The van der Waals surface area contributed by atoms with Crippen molar-refractivity contribution in [3.05, 3.63) is 0 Å². The lowest BCUT2D eigenvalue weighted by atomic mass is 9.62. The van der Waals surface area contributed by atoms with Gasteiger partial charge in [0.15, 0.2) is 0 Å². The first-order valence-corrected chi connectivity index (χ1v) is 12.8. The Hall–Kier alpha value is -1.67. The number of carbonyl (C=O) groups excluding carboxylic acids is 3. The molecule has 0 aromatic rings. The lowest BCUT2D eigenvalue weighted by Gasteiger charge is -2.38. The van der Waals surface area contributed by atoms with Crippen molar-refractivity contribution >= 4 is 17.7 Å². The van der Waals surface area contributed by atoms with Crippen molar-refractivity contribution in [3.8, 4) is 0 Å². The molecule has 0 aromatic heterocycles. The van der Waals surface area contributed by atoms with Gasteiger partial charge in [0.05, 0.1) is 30.1 Å². The van der Waals surface area contributed by atoms with Gasteiger partial charge in [-0.1, -0.05) is 47.5 Å². The predicted octanol–water partition coefficient (Wildman–Crippen LogP) is 1.85. The van der Waals surface area contributed by atoms with Gasteiger partial charge in [0, 0.05) is 13.1 Å². The number of amides is 3. The molecule has 8 nitrogen and oxygen atoms in total. The second kappa shape index (κ2) is 9.90. The van der Waals surface area contributed by atoms with E-state index in [1.807, 2.05) is 34.6 Å². The number of aliphatic hydroxyl groups excluding tert-OH is 1. The number of rotatable bonds is 11. The largest absolute Gasteiger partial charge is 0.394 e. The molecule has 3 rings (SSSR count). The normalized spacial score (nSPS) is 35.8. The Morgan fingerprint density at radius 1 is 1.15 bits per heavy atom. The minimum atomic E-state index is -1.06. The molecule has 188 valence electrons. The number of fused-ring (bicyclic) bond motifs is 1. The minimum Gasteiger partial charge on any atom is -0.394 e. The monoisotopic (exact) mass is 465 g/mol. The van der Waals surface area contributed by atoms with E-state index in [0.717, 1.165) is 25.7 Å². The zero-order chi connectivity index (χ0) is 24.6. The van der Waals surface area contributed by atoms with Crippen LogP contribution in [0.25, 0.3) is 0 Å². The first-order valence-electron chi connectivity index (χ1n) is 12.8. The van der Waals surface area contributed by atoms with Crippen LogP contribution in [-0.4, -0.2) is 70.7 Å². The maximum atomic E-state index is 14.0. The summed E-state index contributed by atoms with van der Waals surface area (Å²) in [5, 5.41) is 16.2. The van der Waals surface area contributed by atoms with Crippen molar-refractivity contribution in [1.29, 1.82) is 0 Å². The molecule has 3 heterocycles. The number of ether oxygens (including phenoxy) is 1. The zero-order valence-corrected chi connectivity index (χ0v) is 21.1. The molecule has 0 saturated carbocycles. The third-order valence-electron chi connectivity index (χ3n) is 8.23. The van der Waals surface area contributed by atoms with Crippen molar-refractivity contribution in [1.82, 2.24) is 15.5 Å². The average Bonchev–Trinajstić information content (AvgIpc) is 3.27. The summed E-state index contributed by atoms with van der Waals surface area (Å²) in [6, 6.07) is -1.38. The van der Waals surface area contributed by atoms with E-state index in [9.17, 15) is 19.5 Å². The summed E-state index contributed by atoms with van der Waals surface area (Å²) in [6.45, 7) is 12.7. The number of carbonyl (C=O) groups is 3. The Balaban J connectivity index is 2.04. The van der Waals surface area contributed by atoms with Crippen LogP contribution >= 0.6 is 0 Å². The average molecular weight is 466 g/mol. The molecule has 0 aliphatic carbocycles. The van der Waals surface area contributed by atoms with Gasteiger partial charge in [-0.15, -0.1) is 0 Å². The number of aliphatic hydroxyl groups is 1. The quantitative estimate of drug-likeness (QED) is 0.404. The molecule has 0 aromatic carbocycles. The standard InChI is InChI=1S/C25H43N3O5/c1-7-9-10-12-27-22(31)20-25-13-16(5)24(6,33-25)18(21(30)26-11-8-2)19(25)23(32)28(20)17(14-29)15(3)4/h15-20,29H,7-14H2,1-6H3,(H,26,30)(H,27,31)/t16?,17-,18-,19-,20?,24+,25?/m0/s1. The molecule has 3 aliphatic rings. The first kappa shape index (κ1) is 25.9. The summed E-state index contributed by atoms with van der Waals surface area (Å²) in [7, 11) is 0. The predicted molar refractivity (Wildman–Crippen MR) is 125 cm³/mol. The molecule has 3 N–H and O–H groups in total. The van der Waals surface area contributed by atoms with Crippen LogP contribution < -0.4 is 10.6 Å². The molecule has 7 atom stereocenters. The van der Waals surface area contributed by atoms with Crippen molar-refractivity contribution < 1.29 is 24.2 Å². The smallest absolute Gasteiger partial charge is 0.245 e. The highest BCUT2D eigenvalue weighted by molar-refractivity contribution is 5.99. The Bertz CT molecular complexity index is 758. The summed E-state index contributed by atoms with van der Waals surface area (Å²) in [5.41, 5.74) is -1.87. The zero-order valence-electron chi connectivity index (χ0n) is 21.1. The molecular formula is C25H43N3O5. The summed E-state index contributed by atoms with van der Waals surface area (Å²) >= 11 is 0. The number of hydrogen-bond donors (Lipinski definition) is 3. The molecule has 8 heteroatoms. The highest BCUT2D eigenvalue weighted by Crippen LogP contribution is 2.65. The molecule has 0 radical (unpaired) electrons. The van der Waals surface area contributed by atoms with E-state index >= 15 is 0 Å². The van der Waals surface area contributed by atoms with E-state index in [2.05, 4.69) is 17.6 Å². The van der Waals surface area contributed by atoms with E-state index in [-0.39, 0.29) is 36.2 Å². The molecule has 1 spiro atoms. The fourth-order valence-electron chi connectivity index (χ4n) is 6.40. The summed E-state index contributed by atoms with van der Waals surface area (Å²) in [4.78, 5) is 42.5. The van der Waals surface area contributed by atoms with Crippen molar-refractivity contribution in [3.63, 3.8) is 0 Å². The Morgan fingerprint density at radius 3 is 2.39 bits per heavy atom. The number of likely N-dealkylation sites (tertiary alicyclic amines) is 1. The molecule has 2 bridgehead atoms. The molecule has 3 unspecified atom stereocenters. The van der Waals surface area contributed by atoms with Crippen LogP contribution in [0.15, 0.2) is 0 Å². The summed E-state index contributed by atoms with van der Waals surface area (Å²) < 4.78 is 6.67. The van der Waals surface area contributed by atoms with Crippen molar-refractivity contribution in [2.75, 3.05) is 19.7 Å².